The molecule has 0 atom stereocenters. The van der Waals surface area contributed by atoms with Crippen molar-refractivity contribution >= 4 is 34.5 Å². The molecule has 1 aromatic carbocycles. The number of hydrogen-bond acceptors (Lipinski definition) is 4. The van der Waals surface area contributed by atoms with Crippen LogP contribution in [0.1, 0.15) is 34.2 Å². The van der Waals surface area contributed by atoms with Gasteiger partial charge in [0.05, 0.1) is 5.56 Å². The lowest BCUT2D eigenvalue weighted by Crippen LogP contribution is -2.14. The largest absolute Gasteiger partial charge is 0.326 e. The lowest BCUT2D eigenvalue weighted by atomic mass is 10.1. The number of benzene rings is 1. The van der Waals surface area contributed by atoms with Crippen LogP contribution in [0.25, 0.3) is 5.13 Å². The van der Waals surface area contributed by atoms with E-state index >= 15 is 0 Å². The second-order valence-electron chi connectivity index (χ2n) is 6.10. The van der Waals surface area contributed by atoms with Gasteiger partial charge in [-0.2, -0.15) is 0 Å². The predicted molar refractivity (Wildman–Crippen MR) is 104 cm³/mol. The summed E-state index contributed by atoms with van der Waals surface area (Å²) in [5.74, 6) is -0.345. The van der Waals surface area contributed by atoms with Crippen molar-refractivity contribution in [3.63, 3.8) is 0 Å². The molecule has 0 unspecified atom stereocenters. The fraction of sp³-hybridized carbons (Fsp3) is 0.211. The van der Waals surface area contributed by atoms with Crippen LogP contribution < -0.4 is 10.6 Å². The van der Waals surface area contributed by atoms with Crippen molar-refractivity contribution < 1.29 is 9.59 Å². The number of carbonyl (C=O) groups excluding carboxylic acids is 2. The molecule has 2 aromatic heterocycles. The summed E-state index contributed by atoms with van der Waals surface area (Å²) >= 11 is 1.52. The third-order valence-corrected chi connectivity index (χ3v) is 4.85. The Bertz CT molecular complexity index is 974. The van der Waals surface area contributed by atoms with E-state index in [9.17, 15) is 9.59 Å². The van der Waals surface area contributed by atoms with Gasteiger partial charge in [0.25, 0.3) is 5.91 Å². The first-order chi connectivity index (χ1) is 12.4. The van der Waals surface area contributed by atoms with Crippen LogP contribution in [0.15, 0.2) is 35.8 Å². The van der Waals surface area contributed by atoms with Crippen molar-refractivity contribution in [1.29, 1.82) is 0 Å². The molecule has 2 amide bonds. The molecular formula is C19H20N4O2S. The molecule has 0 saturated carbocycles. The Morgan fingerprint density at radius 3 is 2.54 bits per heavy atom. The molecule has 0 spiro atoms. The van der Waals surface area contributed by atoms with Gasteiger partial charge in [0.15, 0.2) is 5.13 Å². The molecule has 0 aliphatic carbocycles. The first-order valence-corrected chi connectivity index (χ1v) is 9.03. The van der Waals surface area contributed by atoms with Crippen LogP contribution in [0.2, 0.25) is 0 Å². The molecule has 2 N–H and O–H groups in total. The molecule has 0 bridgehead atoms. The number of anilines is 2. The third-order valence-electron chi connectivity index (χ3n) is 4.09. The van der Waals surface area contributed by atoms with E-state index in [0.717, 1.165) is 22.1 Å². The van der Waals surface area contributed by atoms with Gasteiger partial charge in [-0.3, -0.25) is 14.2 Å². The molecule has 7 heteroatoms. The van der Waals surface area contributed by atoms with Gasteiger partial charge in [0, 0.05) is 41.3 Å². The Morgan fingerprint density at radius 2 is 1.88 bits per heavy atom. The monoisotopic (exact) mass is 368 g/mol. The molecule has 6 nitrogen and oxygen atoms in total. The summed E-state index contributed by atoms with van der Waals surface area (Å²) in [4.78, 5) is 28.4. The van der Waals surface area contributed by atoms with Gasteiger partial charge >= 0.3 is 0 Å². The summed E-state index contributed by atoms with van der Waals surface area (Å²) in [6, 6.07) is 7.29. The summed E-state index contributed by atoms with van der Waals surface area (Å²) in [5, 5.41) is 8.42. The van der Waals surface area contributed by atoms with E-state index in [-0.39, 0.29) is 11.8 Å². The number of aryl methyl sites for hydroxylation is 2. The second kappa shape index (κ2) is 7.13. The van der Waals surface area contributed by atoms with Crippen molar-refractivity contribution in [2.75, 3.05) is 10.6 Å². The van der Waals surface area contributed by atoms with E-state index in [2.05, 4.69) is 15.6 Å². The molecule has 3 aromatic rings. The Hall–Kier alpha value is -2.93. The van der Waals surface area contributed by atoms with E-state index in [0.29, 0.717) is 16.9 Å². The van der Waals surface area contributed by atoms with Crippen LogP contribution in [0.4, 0.5) is 11.4 Å². The topological polar surface area (TPSA) is 76.0 Å². The lowest BCUT2D eigenvalue weighted by Gasteiger charge is -2.11. The van der Waals surface area contributed by atoms with Crippen LogP contribution >= 0.6 is 11.3 Å². The van der Waals surface area contributed by atoms with Gasteiger partial charge in [-0.1, -0.05) is 6.07 Å². The Balaban J connectivity index is 1.87. The maximum absolute atomic E-state index is 12.8. The maximum Gasteiger partial charge on any atom is 0.257 e. The average Bonchev–Trinajstić information content (AvgIpc) is 3.18. The van der Waals surface area contributed by atoms with Gasteiger partial charge in [0.2, 0.25) is 5.91 Å². The SMILES string of the molecule is CC(=O)Nc1cc(NC(=O)c2cc(C)n(-c3nccs3)c2C)ccc1C. The van der Waals surface area contributed by atoms with Crippen molar-refractivity contribution in [3.8, 4) is 5.13 Å². The summed E-state index contributed by atoms with van der Waals surface area (Å²) < 4.78 is 1.97. The van der Waals surface area contributed by atoms with Crippen LogP contribution in [-0.4, -0.2) is 21.4 Å². The number of rotatable bonds is 4. The van der Waals surface area contributed by atoms with E-state index < -0.39 is 0 Å². The minimum atomic E-state index is -0.196. The van der Waals surface area contributed by atoms with E-state index in [4.69, 9.17) is 0 Å². The highest BCUT2D eigenvalue weighted by Crippen LogP contribution is 2.24. The Morgan fingerprint density at radius 1 is 1.12 bits per heavy atom. The highest BCUT2D eigenvalue weighted by atomic mass is 32.1. The molecular weight excluding hydrogens is 348 g/mol. The number of hydrogen-bond donors (Lipinski definition) is 2. The number of thiazole rings is 1. The lowest BCUT2D eigenvalue weighted by molar-refractivity contribution is -0.114. The summed E-state index contributed by atoms with van der Waals surface area (Å²) in [6.45, 7) is 7.21. The van der Waals surface area contributed by atoms with Crippen molar-refractivity contribution in [2.24, 2.45) is 0 Å². The molecule has 3 rings (SSSR count). The number of nitrogens with one attached hydrogen (secondary N) is 2. The molecule has 2 heterocycles. The van der Waals surface area contributed by atoms with Gasteiger partial charge in [-0.25, -0.2) is 4.98 Å². The predicted octanol–water partition coefficient (Wildman–Crippen LogP) is 4.07. The number of nitrogens with zero attached hydrogens (tertiary/aromatic N) is 2. The van der Waals surface area contributed by atoms with Gasteiger partial charge in [0.1, 0.15) is 0 Å². The fourth-order valence-corrected chi connectivity index (χ4v) is 3.59. The first kappa shape index (κ1) is 17.9. The molecule has 134 valence electrons. The zero-order chi connectivity index (χ0) is 18.8. The second-order valence-corrected chi connectivity index (χ2v) is 6.97. The van der Waals surface area contributed by atoms with Crippen LogP contribution in [-0.2, 0) is 4.79 Å². The van der Waals surface area contributed by atoms with E-state index in [1.54, 1.807) is 12.3 Å². The van der Waals surface area contributed by atoms with E-state index in [1.807, 2.05) is 48.9 Å². The van der Waals surface area contributed by atoms with Crippen LogP contribution in [0.5, 0.6) is 0 Å². The van der Waals surface area contributed by atoms with Crippen molar-refractivity contribution in [2.45, 2.75) is 27.7 Å². The van der Waals surface area contributed by atoms with Crippen LogP contribution in [0.3, 0.4) is 0 Å². The normalized spacial score (nSPS) is 10.6. The molecule has 0 fully saturated rings. The summed E-state index contributed by atoms with van der Waals surface area (Å²) in [7, 11) is 0. The Kier molecular flexibility index (Phi) is 4.90. The summed E-state index contributed by atoms with van der Waals surface area (Å²) in [5.41, 5.74) is 4.63. The number of carbonyl (C=O) groups is 2. The summed E-state index contributed by atoms with van der Waals surface area (Å²) in [6.07, 6.45) is 1.74. The Labute approximate surface area is 155 Å². The smallest absolute Gasteiger partial charge is 0.257 e. The first-order valence-electron chi connectivity index (χ1n) is 8.15. The quantitative estimate of drug-likeness (QED) is 0.729. The highest BCUT2D eigenvalue weighted by Gasteiger charge is 2.18. The maximum atomic E-state index is 12.8. The molecule has 26 heavy (non-hydrogen) atoms. The number of amides is 2. The van der Waals surface area contributed by atoms with Gasteiger partial charge in [-0.05, 0) is 44.5 Å². The van der Waals surface area contributed by atoms with E-state index in [1.165, 1.54) is 18.3 Å². The molecule has 0 saturated heterocycles. The molecule has 0 aliphatic heterocycles. The third kappa shape index (κ3) is 3.52. The average molecular weight is 368 g/mol. The zero-order valence-corrected chi connectivity index (χ0v) is 15.9. The fourth-order valence-electron chi connectivity index (χ4n) is 2.84. The zero-order valence-electron chi connectivity index (χ0n) is 15.1. The number of aromatic nitrogens is 2. The van der Waals surface area contributed by atoms with Gasteiger partial charge in [-0.15, -0.1) is 11.3 Å². The molecule has 0 radical (unpaired) electrons. The highest BCUT2D eigenvalue weighted by molar-refractivity contribution is 7.12. The van der Waals surface area contributed by atoms with Crippen LogP contribution in [0, 0.1) is 20.8 Å². The standard InChI is InChI=1S/C19H20N4O2S/c1-11-5-6-15(10-17(11)21-14(4)24)22-18(25)16-9-12(2)23(13(16)3)19-20-7-8-26-19/h5-10H,1-4H3,(H,21,24)(H,22,25). The minimum absolute atomic E-state index is 0.149. The van der Waals surface area contributed by atoms with Crippen molar-refractivity contribution in [3.05, 3.63) is 58.4 Å². The molecule has 0 aliphatic rings. The van der Waals surface area contributed by atoms with Crippen molar-refractivity contribution in [1.82, 2.24) is 9.55 Å². The minimum Gasteiger partial charge on any atom is -0.326 e. The van der Waals surface area contributed by atoms with Gasteiger partial charge < -0.3 is 10.6 Å².